The molecule has 0 aromatic heterocycles. The monoisotopic (exact) mass is 313 g/mol. The van der Waals surface area contributed by atoms with E-state index in [1.54, 1.807) is 12.1 Å². The lowest BCUT2D eigenvalue weighted by Crippen LogP contribution is -2.27. The minimum absolute atomic E-state index is 0.0559. The summed E-state index contributed by atoms with van der Waals surface area (Å²) in [4.78, 5) is 11.6. The van der Waals surface area contributed by atoms with Crippen LogP contribution < -0.4 is 5.32 Å². The Morgan fingerprint density at radius 3 is 2.37 bits per heavy atom. The summed E-state index contributed by atoms with van der Waals surface area (Å²) in [7, 11) is 0. The molecule has 2 nitrogen and oxygen atoms in total. The highest BCUT2D eigenvalue weighted by molar-refractivity contribution is 6.30. The lowest BCUT2D eigenvalue weighted by atomic mass is 10.2. The van der Waals surface area contributed by atoms with Gasteiger partial charge in [-0.2, -0.15) is 13.2 Å². The van der Waals surface area contributed by atoms with Crippen LogP contribution in [0.25, 0.3) is 0 Å². The lowest BCUT2D eigenvalue weighted by Gasteiger charge is -2.12. The van der Waals surface area contributed by atoms with Gasteiger partial charge in [0, 0.05) is 22.5 Å². The summed E-state index contributed by atoms with van der Waals surface area (Å²) in [6.45, 7) is 0.0890. The van der Waals surface area contributed by atoms with Gasteiger partial charge in [0.25, 0.3) is 5.91 Å². The molecule has 0 saturated heterocycles. The van der Waals surface area contributed by atoms with Crippen molar-refractivity contribution in [1.29, 1.82) is 0 Å². The Balaban J connectivity index is 2.33. The van der Waals surface area contributed by atoms with Gasteiger partial charge in [-0.05, 0) is 30.7 Å². The van der Waals surface area contributed by atoms with Crippen LogP contribution in [0.1, 0.15) is 23.2 Å². The van der Waals surface area contributed by atoms with Gasteiger partial charge in [0.05, 0.1) is 6.42 Å². The SMILES string of the molecule is O=C(NCCC(Cl)CC(F)(F)F)c1ccc(Cl)cc1. The molecule has 0 bridgehead atoms. The zero-order chi connectivity index (χ0) is 14.5. The molecular weight excluding hydrogens is 302 g/mol. The average molecular weight is 314 g/mol. The number of benzene rings is 1. The Morgan fingerprint density at radius 1 is 1.26 bits per heavy atom. The van der Waals surface area contributed by atoms with E-state index >= 15 is 0 Å². The first-order valence-corrected chi connectivity index (χ1v) is 6.34. The van der Waals surface area contributed by atoms with Crippen molar-refractivity contribution in [3.05, 3.63) is 34.9 Å². The molecule has 1 amide bonds. The molecule has 19 heavy (non-hydrogen) atoms. The standard InChI is InChI=1S/C12H12Cl2F3NO/c13-9-3-1-8(2-4-9)11(19)18-6-5-10(14)7-12(15,16)17/h1-4,10H,5-7H2,(H,18,19). The first-order chi connectivity index (χ1) is 8.78. The zero-order valence-corrected chi connectivity index (χ0v) is 11.3. The number of alkyl halides is 4. The quantitative estimate of drug-likeness (QED) is 0.817. The third-order valence-corrected chi connectivity index (χ3v) is 2.93. The second-order valence-electron chi connectivity index (χ2n) is 3.97. The van der Waals surface area contributed by atoms with Crippen molar-refractivity contribution in [2.75, 3.05) is 6.54 Å². The molecule has 106 valence electrons. The van der Waals surface area contributed by atoms with E-state index in [-0.39, 0.29) is 18.9 Å². The fraction of sp³-hybridized carbons (Fsp3) is 0.417. The van der Waals surface area contributed by atoms with Crippen molar-refractivity contribution in [3.63, 3.8) is 0 Å². The predicted octanol–water partition coefficient (Wildman–Crippen LogP) is 4.02. The summed E-state index contributed by atoms with van der Waals surface area (Å²) >= 11 is 11.2. The molecule has 1 N–H and O–H groups in total. The molecule has 0 aliphatic carbocycles. The van der Waals surface area contributed by atoms with Crippen molar-refractivity contribution in [2.45, 2.75) is 24.4 Å². The van der Waals surface area contributed by atoms with Crippen molar-refractivity contribution in [3.8, 4) is 0 Å². The van der Waals surface area contributed by atoms with Crippen LogP contribution in [0.3, 0.4) is 0 Å². The molecule has 1 atom stereocenters. The number of amides is 1. The van der Waals surface area contributed by atoms with Crippen LogP contribution >= 0.6 is 23.2 Å². The maximum Gasteiger partial charge on any atom is 0.390 e. The number of rotatable bonds is 5. The van der Waals surface area contributed by atoms with E-state index < -0.39 is 18.0 Å². The van der Waals surface area contributed by atoms with Gasteiger partial charge in [-0.1, -0.05) is 11.6 Å². The summed E-state index contributed by atoms with van der Waals surface area (Å²) in [5, 5.41) is 1.97. The maximum atomic E-state index is 12.0. The first-order valence-electron chi connectivity index (χ1n) is 5.52. The molecule has 7 heteroatoms. The van der Waals surface area contributed by atoms with Crippen LogP contribution in [0.4, 0.5) is 13.2 Å². The van der Waals surface area contributed by atoms with Crippen molar-refractivity contribution >= 4 is 29.1 Å². The second kappa shape index (κ2) is 7.01. The number of hydrogen-bond acceptors (Lipinski definition) is 1. The van der Waals surface area contributed by atoms with Crippen LogP contribution in [0.15, 0.2) is 24.3 Å². The van der Waals surface area contributed by atoms with E-state index in [0.717, 1.165) is 0 Å². The lowest BCUT2D eigenvalue weighted by molar-refractivity contribution is -0.134. The van der Waals surface area contributed by atoms with Gasteiger partial charge >= 0.3 is 6.18 Å². The van der Waals surface area contributed by atoms with Gasteiger partial charge in [-0.15, -0.1) is 11.6 Å². The summed E-state index contributed by atoms with van der Waals surface area (Å²) in [6, 6.07) is 6.19. The largest absolute Gasteiger partial charge is 0.390 e. The van der Waals surface area contributed by atoms with Gasteiger partial charge in [-0.3, -0.25) is 4.79 Å². The summed E-state index contributed by atoms with van der Waals surface area (Å²) < 4.78 is 36.0. The van der Waals surface area contributed by atoms with E-state index in [1.807, 2.05) is 0 Å². The summed E-state index contributed by atoms with van der Waals surface area (Å²) in [5.74, 6) is -0.368. The molecule has 0 saturated carbocycles. The summed E-state index contributed by atoms with van der Waals surface area (Å²) in [5.41, 5.74) is 0.395. The Kier molecular flexibility index (Phi) is 5.94. The highest BCUT2D eigenvalue weighted by Gasteiger charge is 2.30. The number of carbonyl (C=O) groups excluding carboxylic acids is 1. The van der Waals surface area contributed by atoms with Crippen molar-refractivity contribution < 1.29 is 18.0 Å². The molecular formula is C12H12Cl2F3NO. The van der Waals surface area contributed by atoms with Crippen molar-refractivity contribution in [1.82, 2.24) is 5.32 Å². The third-order valence-electron chi connectivity index (χ3n) is 2.30. The van der Waals surface area contributed by atoms with E-state index in [4.69, 9.17) is 23.2 Å². The van der Waals surface area contributed by atoms with Gasteiger partial charge < -0.3 is 5.32 Å². The molecule has 0 heterocycles. The Hall–Kier alpha value is -0.940. The van der Waals surface area contributed by atoms with Crippen LogP contribution in [0, 0.1) is 0 Å². The molecule has 0 aliphatic heterocycles. The Labute approximate surface area is 118 Å². The predicted molar refractivity (Wildman–Crippen MR) is 68.7 cm³/mol. The van der Waals surface area contributed by atoms with Gasteiger partial charge in [0.2, 0.25) is 0 Å². The van der Waals surface area contributed by atoms with Gasteiger partial charge in [-0.25, -0.2) is 0 Å². The molecule has 1 rings (SSSR count). The van der Waals surface area contributed by atoms with Crippen LogP contribution in [-0.4, -0.2) is 24.0 Å². The molecule has 0 fully saturated rings. The van der Waals surface area contributed by atoms with Gasteiger partial charge in [0.15, 0.2) is 0 Å². The van der Waals surface area contributed by atoms with Crippen molar-refractivity contribution in [2.24, 2.45) is 0 Å². The normalized spacial score (nSPS) is 13.1. The minimum atomic E-state index is -4.29. The number of halogens is 5. The molecule has 0 aliphatic rings. The molecule has 0 radical (unpaired) electrons. The topological polar surface area (TPSA) is 29.1 Å². The van der Waals surface area contributed by atoms with Crippen LogP contribution in [0.2, 0.25) is 5.02 Å². The van der Waals surface area contributed by atoms with E-state index in [9.17, 15) is 18.0 Å². The Morgan fingerprint density at radius 2 is 1.84 bits per heavy atom. The van der Waals surface area contributed by atoms with Crippen LogP contribution in [-0.2, 0) is 0 Å². The third kappa shape index (κ3) is 6.68. The smallest absolute Gasteiger partial charge is 0.352 e. The van der Waals surface area contributed by atoms with Gasteiger partial charge in [0.1, 0.15) is 0 Å². The minimum Gasteiger partial charge on any atom is -0.352 e. The molecule has 1 unspecified atom stereocenters. The summed E-state index contributed by atoms with van der Waals surface area (Å²) in [6.07, 6.45) is -5.29. The van der Waals surface area contributed by atoms with E-state index in [1.165, 1.54) is 12.1 Å². The molecule has 1 aromatic carbocycles. The fourth-order valence-corrected chi connectivity index (χ4v) is 1.81. The van der Waals surface area contributed by atoms with E-state index in [2.05, 4.69) is 5.32 Å². The Bertz CT molecular complexity index is 420. The second-order valence-corrected chi connectivity index (χ2v) is 5.02. The fourth-order valence-electron chi connectivity index (χ4n) is 1.40. The molecule has 1 aromatic rings. The maximum absolute atomic E-state index is 12.0. The van der Waals surface area contributed by atoms with E-state index in [0.29, 0.717) is 10.6 Å². The highest BCUT2D eigenvalue weighted by atomic mass is 35.5. The number of hydrogen-bond donors (Lipinski definition) is 1. The zero-order valence-electron chi connectivity index (χ0n) is 9.81. The number of nitrogens with one attached hydrogen (secondary N) is 1. The van der Waals surface area contributed by atoms with Crippen LogP contribution in [0.5, 0.6) is 0 Å². The molecule has 0 spiro atoms. The number of carbonyl (C=O) groups is 1. The first kappa shape index (κ1) is 16.1. The average Bonchev–Trinajstić information content (AvgIpc) is 2.27. The highest BCUT2D eigenvalue weighted by Crippen LogP contribution is 2.25.